The van der Waals surface area contributed by atoms with E-state index in [4.69, 9.17) is 0 Å². The van der Waals surface area contributed by atoms with Crippen molar-refractivity contribution in [3.8, 4) is 0 Å². The van der Waals surface area contributed by atoms with E-state index in [1.54, 1.807) is 4.90 Å². The molecule has 0 aromatic heterocycles. The Bertz CT molecular complexity index is 1370. The van der Waals surface area contributed by atoms with Crippen molar-refractivity contribution in [3.05, 3.63) is 35.9 Å². The van der Waals surface area contributed by atoms with Gasteiger partial charge in [-0.2, -0.15) is 0 Å². The van der Waals surface area contributed by atoms with Gasteiger partial charge < -0.3 is 26.2 Å². The lowest BCUT2D eigenvalue weighted by Crippen LogP contribution is -2.59. The van der Waals surface area contributed by atoms with Gasteiger partial charge in [-0.15, -0.1) is 0 Å². The summed E-state index contributed by atoms with van der Waals surface area (Å²) in [6, 6.07) is 6.12. The smallest absolute Gasteiger partial charge is 0.246 e. The van der Waals surface area contributed by atoms with Gasteiger partial charge in [0.25, 0.3) is 0 Å². The van der Waals surface area contributed by atoms with Crippen LogP contribution in [0.5, 0.6) is 0 Å². The lowest BCUT2D eigenvalue weighted by atomic mass is 9.91. The third-order valence-electron chi connectivity index (χ3n) is 9.39. The van der Waals surface area contributed by atoms with Gasteiger partial charge in [-0.25, -0.2) is 0 Å². The summed E-state index contributed by atoms with van der Waals surface area (Å²) in [5.41, 5.74) is 0.283. The fraction of sp³-hybridized carbons (Fsp3) is 0.676. The zero-order valence-corrected chi connectivity index (χ0v) is 30.2. The SMILES string of the molecule is CC(C)C[C@H]1CC(=O)CNC(=O)[C@@H]2CCCN2C(C(=O)NC(C)(C)C)[C@@H]2[C@@H](CC(C)C)N2C(=O)[C@H](Cc2ccccc2)NC(=O)CNC1=O. The molecule has 0 spiro atoms. The number of fused-ring (bicyclic) bond motifs is 2. The first kappa shape index (κ1) is 38.0. The summed E-state index contributed by atoms with van der Waals surface area (Å²) >= 11 is 0. The zero-order valence-electron chi connectivity index (χ0n) is 30.2. The largest absolute Gasteiger partial charge is 0.350 e. The normalized spacial score (nSPS) is 27.9. The maximum atomic E-state index is 14.6. The van der Waals surface area contributed by atoms with Crippen LogP contribution >= 0.6 is 0 Å². The van der Waals surface area contributed by atoms with E-state index in [0.29, 0.717) is 32.2 Å². The van der Waals surface area contributed by atoms with E-state index in [0.717, 1.165) is 5.56 Å². The second-order valence-electron chi connectivity index (χ2n) is 15.8. The van der Waals surface area contributed by atoms with E-state index in [-0.39, 0.29) is 67.3 Å². The summed E-state index contributed by atoms with van der Waals surface area (Å²) in [4.78, 5) is 85.8. The minimum Gasteiger partial charge on any atom is -0.350 e. The van der Waals surface area contributed by atoms with Gasteiger partial charge in [0.05, 0.1) is 31.2 Å². The van der Waals surface area contributed by atoms with Crippen LogP contribution in [0.15, 0.2) is 30.3 Å². The number of hydrogen-bond acceptors (Lipinski definition) is 7. The fourth-order valence-electron chi connectivity index (χ4n) is 7.35. The number of hydrogen-bond donors (Lipinski definition) is 4. The van der Waals surface area contributed by atoms with Crippen molar-refractivity contribution in [1.82, 2.24) is 31.1 Å². The summed E-state index contributed by atoms with van der Waals surface area (Å²) in [5.74, 6) is -2.52. The topological polar surface area (TPSA) is 157 Å². The van der Waals surface area contributed by atoms with E-state index in [1.807, 2.05) is 69.9 Å². The number of benzene rings is 1. The van der Waals surface area contributed by atoms with E-state index >= 15 is 0 Å². The van der Waals surface area contributed by atoms with Crippen LogP contribution in [0.1, 0.15) is 86.1 Å². The molecule has 3 fully saturated rings. The summed E-state index contributed by atoms with van der Waals surface area (Å²) in [5, 5.41) is 11.5. The van der Waals surface area contributed by atoms with Crippen molar-refractivity contribution < 1.29 is 28.8 Å². The van der Waals surface area contributed by atoms with E-state index in [9.17, 15) is 28.8 Å². The van der Waals surface area contributed by atoms with Gasteiger partial charge in [0.1, 0.15) is 12.1 Å². The second kappa shape index (κ2) is 16.3. The number of carbonyl (C=O) groups is 6. The number of Topliss-reactive ketones (excluding diaryl/α,β-unsaturated/α-hetero) is 1. The van der Waals surface area contributed by atoms with Crippen molar-refractivity contribution >= 4 is 35.3 Å². The van der Waals surface area contributed by atoms with Gasteiger partial charge in [0.2, 0.25) is 29.5 Å². The van der Waals surface area contributed by atoms with E-state index in [1.165, 1.54) is 0 Å². The third-order valence-corrected chi connectivity index (χ3v) is 9.39. The molecule has 12 heteroatoms. The Morgan fingerprint density at radius 3 is 2.20 bits per heavy atom. The van der Waals surface area contributed by atoms with Crippen molar-refractivity contribution in [2.75, 3.05) is 19.6 Å². The van der Waals surface area contributed by atoms with Gasteiger partial charge in [0, 0.05) is 24.3 Å². The van der Waals surface area contributed by atoms with Crippen molar-refractivity contribution in [3.63, 3.8) is 0 Å². The van der Waals surface area contributed by atoms with Gasteiger partial charge in [-0.3, -0.25) is 33.7 Å². The summed E-state index contributed by atoms with van der Waals surface area (Å²) in [6.07, 6.45) is 2.37. The van der Waals surface area contributed by atoms with Gasteiger partial charge in [0.15, 0.2) is 5.78 Å². The predicted octanol–water partition coefficient (Wildman–Crippen LogP) is 1.95. The molecule has 4 rings (SSSR count). The lowest BCUT2D eigenvalue weighted by molar-refractivity contribution is -0.136. The number of nitrogens with one attached hydrogen (secondary N) is 4. The predicted molar refractivity (Wildman–Crippen MR) is 186 cm³/mol. The molecule has 4 N–H and O–H groups in total. The maximum Gasteiger partial charge on any atom is 0.246 e. The highest BCUT2D eigenvalue weighted by Crippen LogP contribution is 2.41. The fourth-order valence-corrected chi connectivity index (χ4v) is 7.35. The Kier molecular flexibility index (Phi) is 12.6. The Morgan fingerprint density at radius 2 is 1.57 bits per heavy atom. The van der Waals surface area contributed by atoms with Crippen molar-refractivity contribution in [1.29, 1.82) is 0 Å². The van der Waals surface area contributed by atoms with Crippen molar-refractivity contribution in [2.45, 2.75) is 123 Å². The molecule has 49 heavy (non-hydrogen) atoms. The maximum absolute atomic E-state index is 14.6. The molecule has 1 aromatic carbocycles. The molecule has 0 saturated carbocycles. The molecule has 1 unspecified atom stereocenters. The molecule has 0 aliphatic carbocycles. The monoisotopic (exact) mass is 680 g/mol. The average Bonchev–Trinajstić information content (AvgIpc) is 3.45. The third kappa shape index (κ3) is 10.4. The van der Waals surface area contributed by atoms with Gasteiger partial charge >= 0.3 is 0 Å². The first-order valence-corrected chi connectivity index (χ1v) is 17.9. The molecule has 12 nitrogen and oxygen atoms in total. The summed E-state index contributed by atoms with van der Waals surface area (Å²) < 4.78 is 0. The quantitative estimate of drug-likeness (QED) is 0.321. The van der Waals surface area contributed by atoms with Crippen molar-refractivity contribution in [2.24, 2.45) is 17.8 Å². The molecule has 3 aliphatic heterocycles. The molecule has 0 bridgehead atoms. The number of amides is 5. The van der Waals surface area contributed by atoms with Crippen LogP contribution in [0.25, 0.3) is 0 Å². The molecule has 3 heterocycles. The van der Waals surface area contributed by atoms with E-state index in [2.05, 4.69) is 35.1 Å². The number of ketones is 1. The van der Waals surface area contributed by atoms with Gasteiger partial charge in [-0.05, 0) is 70.4 Å². The Hall–Kier alpha value is -3.80. The standard InChI is InChI=1S/C37H56N6O6/c1-22(2)16-25-19-26(44)20-38-34(47)28-14-11-15-42(28)32(35(48)41-37(5,6)7)31-29(17-23(3)4)43(31)36(49)27(18-24-12-9-8-10-13-24)40-30(45)21-39-33(25)46/h8-10,12-13,22-23,25,27-29,31-32H,11,14-21H2,1-7H3,(H,38,47)(H,39,46)(H,40,45)(H,41,48)/t25-,27-,28-,29+,31-,32?,43?/m0/s1. The zero-order chi connectivity index (χ0) is 36.0. The molecule has 1 aromatic rings. The highest BCUT2D eigenvalue weighted by atomic mass is 16.2. The molecular weight excluding hydrogens is 624 g/mol. The van der Waals surface area contributed by atoms with Crippen LogP contribution in [-0.2, 0) is 35.2 Å². The lowest BCUT2D eigenvalue weighted by Gasteiger charge is -2.34. The molecule has 3 aliphatic rings. The first-order valence-electron chi connectivity index (χ1n) is 17.9. The van der Waals surface area contributed by atoms with Crippen LogP contribution < -0.4 is 21.3 Å². The minimum atomic E-state index is -0.956. The van der Waals surface area contributed by atoms with Crippen LogP contribution in [0, 0.1) is 17.8 Å². The number of nitrogens with zero attached hydrogens (tertiary/aromatic N) is 2. The number of carbonyl (C=O) groups excluding carboxylic acids is 6. The first-order chi connectivity index (χ1) is 23.1. The minimum absolute atomic E-state index is 0.0834. The van der Waals surface area contributed by atoms with Crippen LogP contribution in [0.2, 0.25) is 0 Å². The highest BCUT2D eigenvalue weighted by Gasteiger charge is 2.60. The highest BCUT2D eigenvalue weighted by molar-refractivity contribution is 5.95. The van der Waals surface area contributed by atoms with Crippen LogP contribution in [0.3, 0.4) is 0 Å². The molecular formula is C37H56N6O6. The van der Waals surface area contributed by atoms with Gasteiger partial charge in [-0.1, -0.05) is 58.0 Å². The Morgan fingerprint density at radius 1 is 0.918 bits per heavy atom. The summed E-state index contributed by atoms with van der Waals surface area (Å²) in [6.45, 7) is 13.6. The van der Waals surface area contributed by atoms with Crippen LogP contribution in [-0.4, -0.2) is 101 Å². The molecule has 6 atom stereocenters. The molecule has 3 saturated heterocycles. The van der Waals surface area contributed by atoms with Crippen LogP contribution in [0.4, 0.5) is 0 Å². The Balaban J connectivity index is 1.75. The molecule has 5 amide bonds. The van der Waals surface area contributed by atoms with E-state index < -0.39 is 47.4 Å². The Labute approximate surface area is 290 Å². The summed E-state index contributed by atoms with van der Waals surface area (Å²) in [7, 11) is 0. The molecule has 0 radical (unpaired) electrons. The average molecular weight is 681 g/mol. The number of rotatable bonds is 7. The molecule has 270 valence electrons. The second-order valence-corrected chi connectivity index (χ2v) is 15.8.